The van der Waals surface area contributed by atoms with Crippen LogP contribution in [-0.2, 0) is 4.74 Å². The van der Waals surface area contributed by atoms with Gasteiger partial charge in [-0.05, 0) is 31.4 Å². The molecule has 1 saturated heterocycles. The van der Waals surface area contributed by atoms with Gasteiger partial charge >= 0.3 is 5.69 Å². The standard InChI is InChI=1S/C17H20N6O3/c1-10-7-12(15(25-2)18-8-10)20-16-19-9-13-14(22-16)23(17(24)21-13)11-3-5-26-6-4-11/h7-9,11H,3-6H2,1-2H3,(H,21,24)(H,19,20,22). The molecule has 0 aromatic carbocycles. The number of ether oxygens (including phenoxy) is 2. The molecule has 136 valence electrons. The molecular formula is C17H20N6O3. The topological polar surface area (TPSA) is 107 Å². The predicted octanol–water partition coefficient (Wildman–Crippen LogP) is 1.93. The van der Waals surface area contributed by atoms with Gasteiger partial charge in [0.25, 0.3) is 0 Å². The number of pyridine rings is 1. The van der Waals surface area contributed by atoms with Gasteiger partial charge in [-0.25, -0.2) is 14.8 Å². The first kappa shape index (κ1) is 16.5. The van der Waals surface area contributed by atoms with Gasteiger partial charge in [0.05, 0.1) is 13.3 Å². The summed E-state index contributed by atoms with van der Waals surface area (Å²) in [6.07, 6.45) is 4.91. The van der Waals surface area contributed by atoms with E-state index in [0.717, 1.165) is 18.4 Å². The molecule has 1 fully saturated rings. The number of fused-ring (bicyclic) bond motifs is 1. The number of nitrogens with one attached hydrogen (secondary N) is 2. The van der Waals surface area contributed by atoms with Gasteiger partial charge in [0, 0.05) is 25.5 Å². The molecule has 9 nitrogen and oxygen atoms in total. The fourth-order valence-corrected chi connectivity index (χ4v) is 3.19. The molecular weight excluding hydrogens is 336 g/mol. The molecule has 0 radical (unpaired) electrons. The molecule has 0 unspecified atom stereocenters. The Labute approximate surface area is 149 Å². The Balaban J connectivity index is 1.73. The minimum absolute atomic E-state index is 0.0722. The van der Waals surface area contributed by atoms with Crippen LogP contribution in [-0.4, -0.2) is 44.8 Å². The third kappa shape index (κ3) is 3.01. The highest BCUT2D eigenvalue weighted by molar-refractivity contribution is 5.72. The quantitative estimate of drug-likeness (QED) is 0.735. The monoisotopic (exact) mass is 356 g/mol. The maximum Gasteiger partial charge on any atom is 0.327 e. The Morgan fingerprint density at radius 2 is 2.12 bits per heavy atom. The number of imidazole rings is 1. The molecule has 0 amide bonds. The summed E-state index contributed by atoms with van der Waals surface area (Å²) in [6.45, 7) is 3.23. The summed E-state index contributed by atoms with van der Waals surface area (Å²) >= 11 is 0. The number of hydrogen-bond donors (Lipinski definition) is 2. The molecule has 0 atom stereocenters. The number of methoxy groups -OCH3 is 1. The smallest absolute Gasteiger partial charge is 0.327 e. The van der Waals surface area contributed by atoms with Crippen LogP contribution in [0.4, 0.5) is 11.6 Å². The van der Waals surface area contributed by atoms with Gasteiger partial charge in [-0.1, -0.05) is 0 Å². The first-order valence-corrected chi connectivity index (χ1v) is 8.48. The van der Waals surface area contributed by atoms with Crippen molar-refractivity contribution in [3.05, 3.63) is 34.5 Å². The lowest BCUT2D eigenvalue weighted by molar-refractivity contribution is 0.0697. The summed E-state index contributed by atoms with van der Waals surface area (Å²) in [4.78, 5) is 28.3. The second kappa shape index (κ2) is 6.75. The van der Waals surface area contributed by atoms with Crippen LogP contribution < -0.4 is 15.7 Å². The van der Waals surface area contributed by atoms with E-state index in [0.29, 0.717) is 41.9 Å². The van der Waals surface area contributed by atoms with E-state index in [4.69, 9.17) is 9.47 Å². The van der Waals surface area contributed by atoms with Crippen molar-refractivity contribution in [2.45, 2.75) is 25.8 Å². The Kier molecular flexibility index (Phi) is 4.29. The van der Waals surface area contributed by atoms with E-state index in [1.165, 1.54) is 0 Å². The second-order valence-electron chi connectivity index (χ2n) is 6.27. The number of nitrogens with zero attached hydrogens (tertiary/aromatic N) is 4. The molecule has 26 heavy (non-hydrogen) atoms. The molecule has 2 N–H and O–H groups in total. The molecule has 1 aliphatic rings. The first-order chi connectivity index (χ1) is 12.7. The Hall–Kier alpha value is -2.94. The van der Waals surface area contributed by atoms with E-state index in [1.807, 2.05) is 13.0 Å². The number of H-pyrrole nitrogens is 1. The highest BCUT2D eigenvalue weighted by atomic mass is 16.5. The number of hydrogen-bond acceptors (Lipinski definition) is 7. The van der Waals surface area contributed by atoms with Crippen molar-refractivity contribution < 1.29 is 9.47 Å². The van der Waals surface area contributed by atoms with Gasteiger partial charge < -0.3 is 19.8 Å². The molecule has 1 aliphatic heterocycles. The highest BCUT2D eigenvalue weighted by Gasteiger charge is 2.21. The maximum absolute atomic E-state index is 12.4. The number of aryl methyl sites for hydroxylation is 1. The number of anilines is 2. The fourth-order valence-electron chi connectivity index (χ4n) is 3.19. The third-order valence-corrected chi connectivity index (χ3v) is 4.44. The lowest BCUT2D eigenvalue weighted by Gasteiger charge is -2.22. The number of aromatic nitrogens is 5. The number of rotatable bonds is 4. The Morgan fingerprint density at radius 1 is 1.31 bits per heavy atom. The molecule has 3 aromatic rings. The number of aromatic amines is 1. The summed E-state index contributed by atoms with van der Waals surface area (Å²) < 4.78 is 12.4. The van der Waals surface area contributed by atoms with Crippen LogP contribution in [0.2, 0.25) is 0 Å². The Bertz CT molecular complexity index is 990. The van der Waals surface area contributed by atoms with E-state index in [-0.39, 0.29) is 11.7 Å². The van der Waals surface area contributed by atoms with Crippen molar-refractivity contribution in [3.63, 3.8) is 0 Å². The van der Waals surface area contributed by atoms with Crippen molar-refractivity contribution in [1.82, 2.24) is 24.5 Å². The summed E-state index contributed by atoms with van der Waals surface area (Å²) in [5, 5.41) is 3.13. The Morgan fingerprint density at radius 3 is 2.88 bits per heavy atom. The van der Waals surface area contributed by atoms with Gasteiger partial charge in [0.1, 0.15) is 11.2 Å². The molecule has 0 aliphatic carbocycles. The molecule has 9 heteroatoms. The van der Waals surface area contributed by atoms with Crippen LogP contribution >= 0.6 is 0 Å². The second-order valence-corrected chi connectivity index (χ2v) is 6.27. The van der Waals surface area contributed by atoms with Crippen LogP contribution in [0.15, 0.2) is 23.3 Å². The van der Waals surface area contributed by atoms with E-state index >= 15 is 0 Å². The summed E-state index contributed by atoms with van der Waals surface area (Å²) in [7, 11) is 1.56. The van der Waals surface area contributed by atoms with E-state index in [1.54, 1.807) is 24.1 Å². The molecule has 0 spiro atoms. The zero-order chi connectivity index (χ0) is 18.1. The average molecular weight is 356 g/mol. The van der Waals surface area contributed by atoms with Crippen molar-refractivity contribution in [2.24, 2.45) is 0 Å². The van der Waals surface area contributed by atoms with Crippen molar-refractivity contribution in [1.29, 1.82) is 0 Å². The molecule has 0 bridgehead atoms. The summed E-state index contributed by atoms with van der Waals surface area (Å²) in [5.41, 5.74) is 2.67. The predicted molar refractivity (Wildman–Crippen MR) is 96.0 cm³/mol. The van der Waals surface area contributed by atoms with Crippen LogP contribution in [0.5, 0.6) is 5.88 Å². The third-order valence-electron chi connectivity index (χ3n) is 4.44. The van der Waals surface area contributed by atoms with Crippen molar-refractivity contribution >= 4 is 22.8 Å². The van der Waals surface area contributed by atoms with Gasteiger partial charge in [0.2, 0.25) is 11.8 Å². The largest absolute Gasteiger partial charge is 0.480 e. The molecule has 3 aromatic heterocycles. The highest BCUT2D eigenvalue weighted by Crippen LogP contribution is 2.26. The van der Waals surface area contributed by atoms with Gasteiger partial charge in [-0.2, -0.15) is 4.98 Å². The lowest BCUT2D eigenvalue weighted by atomic mass is 10.1. The average Bonchev–Trinajstić information content (AvgIpc) is 2.98. The zero-order valence-electron chi connectivity index (χ0n) is 14.7. The van der Waals surface area contributed by atoms with Crippen LogP contribution in [0.1, 0.15) is 24.4 Å². The van der Waals surface area contributed by atoms with Crippen molar-refractivity contribution in [3.8, 4) is 5.88 Å². The fraction of sp³-hybridized carbons (Fsp3) is 0.412. The maximum atomic E-state index is 12.4. The lowest BCUT2D eigenvalue weighted by Crippen LogP contribution is -2.27. The minimum atomic E-state index is -0.173. The first-order valence-electron chi connectivity index (χ1n) is 8.48. The van der Waals surface area contributed by atoms with Crippen LogP contribution in [0.3, 0.4) is 0 Å². The minimum Gasteiger partial charge on any atom is -0.480 e. The molecule has 4 heterocycles. The molecule has 4 rings (SSSR count). The van der Waals surface area contributed by atoms with E-state index < -0.39 is 0 Å². The van der Waals surface area contributed by atoms with Crippen molar-refractivity contribution in [2.75, 3.05) is 25.6 Å². The normalized spacial score (nSPS) is 15.3. The van der Waals surface area contributed by atoms with Gasteiger partial charge in [-0.15, -0.1) is 0 Å². The summed E-state index contributed by atoms with van der Waals surface area (Å²) in [6, 6.07) is 1.98. The van der Waals surface area contributed by atoms with Gasteiger partial charge in [0.15, 0.2) is 5.65 Å². The van der Waals surface area contributed by atoms with Crippen LogP contribution in [0, 0.1) is 6.92 Å². The zero-order valence-corrected chi connectivity index (χ0v) is 14.7. The summed E-state index contributed by atoms with van der Waals surface area (Å²) in [5.74, 6) is 0.832. The van der Waals surface area contributed by atoms with E-state index in [9.17, 15) is 4.79 Å². The van der Waals surface area contributed by atoms with E-state index in [2.05, 4.69) is 25.3 Å². The van der Waals surface area contributed by atoms with Crippen LogP contribution in [0.25, 0.3) is 11.2 Å². The molecule has 0 saturated carbocycles. The SMILES string of the molecule is COc1ncc(C)cc1Nc1ncc2[nH]c(=O)n(C3CCOCC3)c2n1. The van der Waals surface area contributed by atoms with Gasteiger partial charge in [-0.3, -0.25) is 4.57 Å².